The molecule has 3 heterocycles. The smallest absolute Gasteiger partial charge is 0.193 e. The number of rotatable bonds is 5. The number of ether oxygens (including phenoxy) is 2. The topological polar surface area (TPSA) is 63.9 Å². The molecule has 7 nitrogen and oxygen atoms in total. The fourth-order valence-electron chi connectivity index (χ4n) is 4.29. The van der Waals surface area contributed by atoms with Crippen LogP contribution in [0.4, 0.5) is 0 Å². The zero-order valence-electron chi connectivity index (χ0n) is 18.2. The highest BCUT2D eigenvalue weighted by Crippen LogP contribution is 2.35. The van der Waals surface area contributed by atoms with Crippen molar-refractivity contribution in [3.8, 4) is 11.5 Å². The van der Waals surface area contributed by atoms with Gasteiger partial charge in [0.2, 0.25) is 0 Å². The standard InChI is InChI=1S/C22H31N5O2.HI/c1-5-28-20-9-17-8-15(2)29-21(17)10-18(20)11-24-22(23-3)27-7-6-16(14-27)19-12-25-26(4)13-19;/h9-10,12-13,15-16H,5-8,11,14H2,1-4H3,(H,23,24);1H. The molecule has 2 aliphatic heterocycles. The third-order valence-electron chi connectivity index (χ3n) is 5.71. The highest BCUT2D eigenvalue weighted by atomic mass is 127. The van der Waals surface area contributed by atoms with Gasteiger partial charge in [-0.25, -0.2) is 0 Å². The van der Waals surface area contributed by atoms with Gasteiger partial charge in [0.05, 0.1) is 12.8 Å². The molecule has 2 unspecified atom stereocenters. The Hall–Kier alpha value is -1.97. The molecule has 1 fully saturated rings. The minimum Gasteiger partial charge on any atom is -0.494 e. The van der Waals surface area contributed by atoms with Gasteiger partial charge in [-0.2, -0.15) is 5.10 Å². The average molecular weight is 525 g/mol. The van der Waals surface area contributed by atoms with Crippen molar-refractivity contribution in [1.29, 1.82) is 0 Å². The second-order valence-corrected chi connectivity index (χ2v) is 7.91. The third kappa shape index (κ3) is 4.84. The van der Waals surface area contributed by atoms with Crippen LogP contribution >= 0.6 is 24.0 Å². The molecule has 30 heavy (non-hydrogen) atoms. The van der Waals surface area contributed by atoms with Gasteiger partial charge in [0.25, 0.3) is 0 Å². The Kier molecular flexibility index (Phi) is 7.49. The van der Waals surface area contributed by atoms with Crippen LogP contribution in [0, 0.1) is 0 Å². The van der Waals surface area contributed by atoms with Gasteiger partial charge in [-0.05, 0) is 38.0 Å². The summed E-state index contributed by atoms with van der Waals surface area (Å²) in [6.07, 6.45) is 6.37. The van der Waals surface area contributed by atoms with Crippen LogP contribution in [-0.2, 0) is 20.0 Å². The minimum absolute atomic E-state index is 0. The first-order chi connectivity index (χ1) is 14.1. The molecule has 0 bridgehead atoms. The predicted octanol–water partition coefficient (Wildman–Crippen LogP) is 3.33. The molecule has 164 valence electrons. The van der Waals surface area contributed by atoms with Crippen molar-refractivity contribution in [2.45, 2.75) is 45.3 Å². The summed E-state index contributed by atoms with van der Waals surface area (Å²) in [5.41, 5.74) is 3.63. The largest absolute Gasteiger partial charge is 0.494 e. The van der Waals surface area contributed by atoms with E-state index in [0.717, 1.165) is 49.0 Å². The Morgan fingerprint density at radius 1 is 1.40 bits per heavy atom. The molecule has 0 aliphatic carbocycles. The summed E-state index contributed by atoms with van der Waals surface area (Å²) in [4.78, 5) is 6.84. The quantitative estimate of drug-likeness (QED) is 0.369. The number of guanidine groups is 1. The number of aromatic nitrogens is 2. The maximum absolute atomic E-state index is 5.95. The lowest BCUT2D eigenvalue weighted by atomic mass is 10.0. The number of hydrogen-bond acceptors (Lipinski definition) is 4. The molecule has 8 heteroatoms. The van der Waals surface area contributed by atoms with E-state index >= 15 is 0 Å². The zero-order valence-corrected chi connectivity index (χ0v) is 20.6. The Bertz CT molecular complexity index is 898. The zero-order chi connectivity index (χ0) is 20.4. The van der Waals surface area contributed by atoms with Crippen molar-refractivity contribution in [3.63, 3.8) is 0 Å². The lowest BCUT2D eigenvalue weighted by molar-refractivity contribution is 0.254. The van der Waals surface area contributed by atoms with Crippen LogP contribution < -0.4 is 14.8 Å². The van der Waals surface area contributed by atoms with Gasteiger partial charge >= 0.3 is 0 Å². The predicted molar refractivity (Wildman–Crippen MR) is 129 cm³/mol. The summed E-state index contributed by atoms with van der Waals surface area (Å²) in [7, 11) is 3.81. The number of benzene rings is 1. The van der Waals surface area contributed by atoms with E-state index in [1.807, 2.05) is 31.9 Å². The van der Waals surface area contributed by atoms with Gasteiger partial charge in [0.1, 0.15) is 17.6 Å². The number of aryl methyl sites for hydroxylation is 1. The molecule has 2 aliphatic rings. The van der Waals surface area contributed by atoms with E-state index < -0.39 is 0 Å². The monoisotopic (exact) mass is 525 g/mol. The maximum Gasteiger partial charge on any atom is 0.193 e. The van der Waals surface area contributed by atoms with Gasteiger partial charge in [-0.3, -0.25) is 9.67 Å². The molecule has 2 aromatic rings. The van der Waals surface area contributed by atoms with Gasteiger partial charge in [0.15, 0.2) is 5.96 Å². The Labute approximate surface area is 195 Å². The SMILES string of the molecule is CCOc1cc2c(cc1CNC(=NC)N1CCC(c3cnn(C)c3)C1)OC(C)C2.I. The van der Waals surface area contributed by atoms with Crippen molar-refractivity contribution >= 4 is 29.9 Å². The highest BCUT2D eigenvalue weighted by molar-refractivity contribution is 14.0. The van der Waals surface area contributed by atoms with Crippen molar-refractivity contribution in [2.75, 3.05) is 26.7 Å². The lowest BCUT2D eigenvalue weighted by Gasteiger charge is -2.22. The molecule has 1 aromatic carbocycles. The highest BCUT2D eigenvalue weighted by Gasteiger charge is 2.27. The molecule has 0 spiro atoms. The van der Waals surface area contributed by atoms with E-state index in [1.54, 1.807) is 0 Å². The molecular formula is C22H32IN5O2. The Balaban J connectivity index is 0.00000256. The van der Waals surface area contributed by atoms with Gasteiger partial charge < -0.3 is 19.7 Å². The molecule has 1 aromatic heterocycles. The molecular weight excluding hydrogens is 493 g/mol. The molecule has 0 saturated carbocycles. The summed E-state index contributed by atoms with van der Waals surface area (Å²) < 4.78 is 13.7. The minimum atomic E-state index is 0. The number of nitrogens with zero attached hydrogens (tertiary/aromatic N) is 4. The average Bonchev–Trinajstić information content (AvgIpc) is 3.41. The van der Waals surface area contributed by atoms with Crippen LogP contribution in [0.15, 0.2) is 29.5 Å². The van der Waals surface area contributed by atoms with E-state index in [1.165, 1.54) is 11.1 Å². The lowest BCUT2D eigenvalue weighted by Crippen LogP contribution is -2.39. The molecule has 2 atom stereocenters. The van der Waals surface area contributed by atoms with E-state index in [4.69, 9.17) is 9.47 Å². The number of aliphatic imine (C=N–C) groups is 1. The maximum atomic E-state index is 5.95. The number of halogens is 1. The summed E-state index contributed by atoms with van der Waals surface area (Å²) >= 11 is 0. The van der Waals surface area contributed by atoms with Crippen LogP contribution in [0.25, 0.3) is 0 Å². The summed E-state index contributed by atoms with van der Waals surface area (Å²) in [5.74, 6) is 3.33. The van der Waals surface area contributed by atoms with Gasteiger partial charge in [-0.1, -0.05) is 0 Å². The van der Waals surface area contributed by atoms with Crippen molar-refractivity contribution in [3.05, 3.63) is 41.2 Å². The normalized spacial score (nSPS) is 20.5. The number of fused-ring (bicyclic) bond motifs is 1. The molecule has 0 amide bonds. The molecule has 0 radical (unpaired) electrons. The summed E-state index contributed by atoms with van der Waals surface area (Å²) in [6, 6.07) is 4.25. The second-order valence-electron chi connectivity index (χ2n) is 7.91. The van der Waals surface area contributed by atoms with E-state index in [2.05, 4.69) is 45.6 Å². The fraction of sp³-hybridized carbons (Fsp3) is 0.545. The molecule has 4 rings (SSSR count). The van der Waals surface area contributed by atoms with Crippen LogP contribution in [0.3, 0.4) is 0 Å². The first kappa shape index (κ1) is 22.7. The summed E-state index contributed by atoms with van der Waals surface area (Å²) in [6.45, 7) is 7.37. The molecule has 1 N–H and O–H groups in total. The number of nitrogens with one attached hydrogen (secondary N) is 1. The van der Waals surface area contributed by atoms with Crippen molar-refractivity contribution in [1.82, 2.24) is 20.0 Å². The van der Waals surface area contributed by atoms with E-state index in [0.29, 0.717) is 19.1 Å². The van der Waals surface area contributed by atoms with Gasteiger partial charge in [0, 0.05) is 63.4 Å². The second kappa shape index (κ2) is 9.89. The fourth-order valence-corrected chi connectivity index (χ4v) is 4.29. The van der Waals surface area contributed by atoms with Crippen LogP contribution in [0.5, 0.6) is 11.5 Å². The number of likely N-dealkylation sites (tertiary alicyclic amines) is 1. The first-order valence-corrected chi connectivity index (χ1v) is 10.5. The molecule has 1 saturated heterocycles. The van der Waals surface area contributed by atoms with Crippen LogP contribution in [0.1, 0.15) is 42.9 Å². The van der Waals surface area contributed by atoms with E-state index in [9.17, 15) is 0 Å². The number of hydrogen-bond donors (Lipinski definition) is 1. The van der Waals surface area contributed by atoms with Gasteiger partial charge in [-0.15, -0.1) is 24.0 Å². The van der Waals surface area contributed by atoms with E-state index in [-0.39, 0.29) is 30.1 Å². The third-order valence-corrected chi connectivity index (χ3v) is 5.71. The Morgan fingerprint density at radius 3 is 2.93 bits per heavy atom. The van der Waals surface area contributed by atoms with Crippen molar-refractivity contribution < 1.29 is 9.47 Å². The first-order valence-electron chi connectivity index (χ1n) is 10.5. The van der Waals surface area contributed by atoms with Crippen molar-refractivity contribution in [2.24, 2.45) is 12.0 Å². The summed E-state index contributed by atoms with van der Waals surface area (Å²) in [5, 5.41) is 7.84. The Morgan fingerprint density at radius 2 is 2.23 bits per heavy atom. The van der Waals surface area contributed by atoms with Crippen LogP contribution in [-0.4, -0.2) is 53.5 Å². The van der Waals surface area contributed by atoms with Crippen LogP contribution in [0.2, 0.25) is 0 Å².